The summed E-state index contributed by atoms with van der Waals surface area (Å²) >= 11 is 0. The molecule has 6 nitrogen and oxygen atoms in total. The predicted molar refractivity (Wildman–Crippen MR) is 79.9 cm³/mol. The lowest BCUT2D eigenvalue weighted by Gasteiger charge is -2.32. The molecule has 1 saturated heterocycles. The van der Waals surface area contributed by atoms with Crippen molar-refractivity contribution in [3.05, 3.63) is 29.8 Å². The number of carbonyl (C=O) groups is 2. The highest BCUT2D eigenvalue weighted by atomic mass is 16.5. The summed E-state index contributed by atoms with van der Waals surface area (Å²) in [7, 11) is 0. The molecule has 0 bridgehead atoms. The first-order valence-electron chi connectivity index (χ1n) is 7.41. The Bertz CT molecular complexity index is 514. The molecule has 0 spiro atoms. The Kier molecular flexibility index (Phi) is 5.77. The Morgan fingerprint density at radius 1 is 1.36 bits per heavy atom. The number of aryl methyl sites for hydroxylation is 1. The molecule has 0 radical (unpaired) electrons. The smallest absolute Gasteiger partial charge is 0.306 e. The van der Waals surface area contributed by atoms with Crippen LogP contribution in [0.3, 0.4) is 0 Å². The number of amides is 1. The minimum Gasteiger partial charge on any atom is -0.484 e. The molecule has 1 fully saturated rings. The van der Waals surface area contributed by atoms with Gasteiger partial charge in [-0.15, -0.1) is 0 Å². The van der Waals surface area contributed by atoms with Crippen molar-refractivity contribution in [1.82, 2.24) is 4.90 Å². The molecule has 0 aromatic heterocycles. The zero-order valence-corrected chi connectivity index (χ0v) is 12.7. The van der Waals surface area contributed by atoms with Crippen LogP contribution in [0.4, 0.5) is 0 Å². The molecule has 22 heavy (non-hydrogen) atoms. The van der Waals surface area contributed by atoms with Crippen molar-refractivity contribution >= 4 is 11.9 Å². The third-order valence-electron chi connectivity index (χ3n) is 3.59. The molecule has 1 aliphatic rings. The number of aliphatic carboxylic acids is 1. The van der Waals surface area contributed by atoms with E-state index in [1.807, 2.05) is 24.3 Å². The molecule has 1 aromatic rings. The van der Waals surface area contributed by atoms with E-state index in [9.17, 15) is 9.59 Å². The molecule has 1 amide bonds. The van der Waals surface area contributed by atoms with Gasteiger partial charge in [0, 0.05) is 13.1 Å². The molecule has 1 heterocycles. The largest absolute Gasteiger partial charge is 0.484 e. The van der Waals surface area contributed by atoms with Gasteiger partial charge in [-0.2, -0.15) is 0 Å². The van der Waals surface area contributed by atoms with Gasteiger partial charge < -0.3 is 19.5 Å². The SMILES string of the molecule is CCc1ccc(OCC(=O)N2CCOC(CC(=O)O)C2)cc1. The van der Waals surface area contributed by atoms with Crippen molar-refractivity contribution in [3.63, 3.8) is 0 Å². The van der Waals surface area contributed by atoms with Crippen LogP contribution in [0, 0.1) is 0 Å². The number of carboxylic acid groups (broad SMARTS) is 1. The summed E-state index contributed by atoms with van der Waals surface area (Å²) in [4.78, 5) is 24.4. The van der Waals surface area contributed by atoms with Gasteiger partial charge in [-0.1, -0.05) is 19.1 Å². The van der Waals surface area contributed by atoms with E-state index in [2.05, 4.69) is 6.92 Å². The number of hydrogen-bond donors (Lipinski definition) is 1. The fourth-order valence-corrected chi connectivity index (χ4v) is 2.32. The second kappa shape index (κ2) is 7.79. The third kappa shape index (κ3) is 4.73. The summed E-state index contributed by atoms with van der Waals surface area (Å²) in [6.45, 7) is 3.14. The average molecular weight is 307 g/mol. The maximum atomic E-state index is 12.1. The van der Waals surface area contributed by atoms with Gasteiger partial charge in [-0.05, 0) is 24.1 Å². The third-order valence-corrected chi connectivity index (χ3v) is 3.59. The van der Waals surface area contributed by atoms with Crippen molar-refractivity contribution in [3.8, 4) is 5.75 Å². The second-order valence-electron chi connectivity index (χ2n) is 5.22. The maximum Gasteiger partial charge on any atom is 0.306 e. The zero-order valence-electron chi connectivity index (χ0n) is 12.7. The second-order valence-corrected chi connectivity index (χ2v) is 5.22. The van der Waals surface area contributed by atoms with E-state index in [1.54, 1.807) is 4.90 Å². The summed E-state index contributed by atoms with van der Waals surface area (Å²) in [5, 5.41) is 8.78. The van der Waals surface area contributed by atoms with Gasteiger partial charge in [0.1, 0.15) is 5.75 Å². The maximum absolute atomic E-state index is 12.1. The number of nitrogens with zero attached hydrogens (tertiary/aromatic N) is 1. The molecule has 0 aliphatic carbocycles. The number of carboxylic acids is 1. The topological polar surface area (TPSA) is 76.1 Å². The van der Waals surface area contributed by atoms with Crippen LogP contribution in [-0.4, -0.2) is 54.3 Å². The van der Waals surface area contributed by atoms with Crippen molar-refractivity contribution in [1.29, 1.82) is 0 Å². The van der Waals surface area contributed by atoms with Gasteiger partial charge in [0.25, 0.3) is 5.91 Å². The molecule has 1 aromatic carbocycles. The summed E-state index contributed by atoms with van der Waals surface area (Å²) in [6.07, 6.45) is 0.417. The highest BCUT2D eigenvalue weighted by Crippen LogP contribution is 2.13. The van der Waals surface area contributed by atoms with Crippen molar-refractivity contribution in [2.45, 2.75) is 25.9 Å². The van der Waals surface area contributed by atoms with Crippen LogP contribution >= 0.6 is 0 Å². The van der Waals surface area contributed by atoms with Gasteiger partial charge in [0.2, 0.25) is 0 Å². The fourth-order valence-electron chi connectivity index (χ4n) is 2.32. The Balaban J connectivity index is 1.81. The van der Waals surface area contributed by atoms with E-state index in [1.165, 1.54) is 5.56 Å². The molecule has 0 saturated carbocycles. The number of rotatable bonds is 6. The van der Waals surface area contributed by atoms with E-state index in [-0.39, 0.29) is 18.9 Å². The molecular weight excluding hydrogens is 286 g/mol. The van der Waals surface area contributed by atoms with E-state index in [0.29, 0.717) is 25.4 Å². The Morgan fingerprint density at radius 2 is 2.09 bits per heavy atom. The monoisotopic (exact) mass is 307 g/mol. The van der Waals surface area contributed by atoms with Gasteiger partial charge in [0.05, 0.1) is 19.1 Å². The zero-order chi connectivity index (χ0) is 15.9. The highest BCUT2D eigenvalue weighted by molar-refractivity contribution is 5.78. The lowest BCUT2D eigenvalue weighted by Crippen LogP contribution is -2.47. The molecule has 1 atom stereocenters. The average Bonchev–Trinajstić information content (AvgIpc) is 2.52. The van der Waals surface area contributed by atoms with Crippen molar-refractivity contribution < 1.29 is 24.2 Å². The fraction of sp³-hybridized carbons (Fsp3) is 0.500. The quantitative estimate of drug-likeness (QED) is 0.858. The van der Waals surface area contributed by atoms with Crippen LogP contribution in [0.2, 0.25) is 0 Å². The molecule has 6 heteroatoms. The number of ether oxygens (including phenoxy) is 2. The van der Waals surface area contributed by atoms with Gasteiger partial charge in [0.15, 0.2) is 6.61 Å². The molecular formula is C16H21NO5. The Labute approximate surface area is 129 Å². The van der Waals surface area contributed by atoms with Crippen LogP contribution in [0.1, 0.15) is 18.9 Å². The minimum absolute atomic E-state index is 0.0503. The van der Waals surface area contributed by atoms with Gasteiger partial charge in [-0.25, -0.2) is 0 Å². The summed E-state index contributed by atoms with van der Waals surface area (Å²) in [5.74, 6) is -0.425. The summed E-state index contributed by atoms with van der Waals surface area (Å²) in [5.41, 5.74) is 1.21. The van der Waals surface area contributed by atoms with Gasteiger partial charge in [-0.3, -0.25) is 9.59 Å². The summed E-state index contributed by atoms with van der Waals surface area (Å²) < 4.78 is 10.8. The van der Waals surface area contributed by atoms with E-state index >= 15 is 0 Å². The number of hydrogen-bond acceptors (Lipinski definition) is 4. The number of morpholine rings is 1. The molecule has 1 aliphatic heterocycles. The summed E-state index contributed by atoms with van der Waals surface area (Å²) in [6, 6.07) is 7.63. The standard InChI is InChI=1S/C16H21NO5/c1-2-12-3-5-13(6-4-12)22-11-15(18)17-7-8-21-14(10-17)9-16(19)20/h3-6,14H,2,7-11H2,1H3,(H,19,20). The van der Waals surface area contributed by atoms with Crippen LogP contribution in [0.25, 0.3) is 0 Å². The van der Waals surface area contributed by atoms with Gasteiger partial charge >= 0.3 is 5.97 Å². The first-order valence-corrected chi connectivity index (χ1v) is 7.41. The first-order chi connectivity index (χ1) is 10.6. The number of benzene rings is 1. The normalized spacial score (nSPS) is 18.0. The first kappa shape index (κ1) is 16.3. The molecule has 1 unspecified atom stereocenters. The molecule has 120 valence electrons. The molecule has 1 N–H and O–H groups in total. The van der Waals surface area contributed by atoms with Crippen molar-refractivity contribution in [2.75, 3.05) is 26.3 Å². The number of carbonyl (C=O) groups excluding carboxylic acids is 1. The molecule has 2 rings (SSSR count). The Hall–Kier alpha value is -2.08. The van der Waals surface area contributed by atoms with Crippen LogP contribution in [0.5, 0.6) is 5.75 Å². The van der Waals surface area contributed by atoms with Crippen LogP contribution in [-0.2, 0) is 20.7 Å². The van der Waals surface area contributed by atoms with Crippen LogP contribution < -0.4 is 4.74 Å². The van der Waals surface area contributed by atoms with E-state index < -0.39 is 12.1 Å². The predicted octanol–water partition coefficient (Wildman–Crippen LogP) is 1.33. The van der Waals surface area contributed by atoms with E-state index in [4.69, 9.17) is 14.6 Å². The Morgan fingerprint density at radius 3 is 2.73 bits per heavy atom. The van der Waals surface area contributed by atoms with Crippen molar-refractivity contribution in [2.24, 2.45) is 0 Å². The van der Waals surface area contributed by atoms with E-state index in [0.717, 1.165) is 6.42 Å². The lowest BCUT2D eigenvalue weighted by molar-refractivity contribution is -0.148. The lowest BCUT2D eigenvalue weighted by atomic mass is 10.2. The highest BCUT2D eigenvalue weighted by Gasteiger charge is 2.26. The minimum atomic E-state index is -0.924. The van der Waals surface area contributed by atoms with Crippen LogP contribution in [0.15, 0.2) is 24.3 Å².